The molecule has 2 heteroatoms. The molecule has 0 amide bonds. The lowest BCUT2D eigenvalue weighted by molar-refractivity contribution is 0.185. The van der Waals surface area contributed by atoms with Gasteiger partial charge in [-0.15, -0.1) is 0 Å². The van der Waals surface area contributed by atoms with Gasteiger partial charge in [0, 0.05) is 24.4 Å². The van der Waals surface area contributed by atoms with Crippen LogP contribution < -0.4 is 5.32 Å². The molecule has 2 aromatic carbocycles. The lowest BCUT2D eigenvalue weighted by Crippen LogP contribution is -2.19. The normalized spacial score (nSPS) is 12.1. The van der Waals surface area contributed by atoms with E-state index in [1.54, 1.807) is 7.11 Å². The molecule has 2 nitrogen and oxygen atoms in total. The number of nitrogens with one attached hydrogen (secondary N) is 1. The summed E-state index contributed by atoms with van der Waals surface area (Å²) in [5.41, 5.74) is 3.71. The second kappa shape index (κ2) is 6.95. The summed E-state index contributed by atoms with van der Waals surface area (Å²) in [6.07, 6.45) is 1.02. The van der Waals surface area contributed by atoms with E-state index >= 15 is 0 Å². The second-order valence-electron chi connectivity index (χ2n) is 4.83. The molecule has 0 aromatic heterocycles. The van der Waals surface area contributed by atoms with Crippen molar-refractivity contribution in [1.82, 2.24) is 0 Å². The van der Waals surface area contributed by atoms with Crippen molar-refractivity contribution in [2.24, 2.45) is 0 Å². The first-order valence-electron chi connectivity index (χ1n) is 6.67. The molecule has 1 unspecified atom stereocenters. The van der Waals surface area contributed by atoms with Crippen molar-refractivity contribution in [3.05, 3.63) is 65.7 Å². The van der Waals surface area contributed by atoms with Crippen LogP contribution in [0.3, 0.4) is 0 Å². The molecule has 0 aliphatic carbocycles. The Hall–Kier alpha value is -1.80. The van der Waals surface area contributed by atoms with Crippen LogP contribution in [0.1, 0.15) is 18.1 Å². The smallest absolute Gasteiger partial charge is 0.0733 e. The van der Waals surface area contributed by atoms with E-state index in [0.717, 1.165) is 12.1 Å². The highest BCUT2D eigenvalue weighted by Crippen LogP contribution is 2.18. The third kappa shape index (κ3) is 4.11. The third-order valence-electron chi connectivity index (χ3n) is 3.10. The Labute approximate surface area is 115 Å². The molecule has 0 saturated carbocycles. The number of para-hydroxylation sites is 1. The highest BCUT2D eigenvalue weighted by atomic mass is 16.5. The van der Waals surface area contributed by atoms with Crippen LogP contribution in [0.25, 0.3) is 0 Å². The number of rotatable bonds is 6. The molecule has 0 radical (unpaired) electrons. The molecule has 19 heavy (non-hydrogen) atoms. The molecule has 0 fully saturated rings. The maximum atomic E-state index is 5.23. The highest BCUT2D eigenvalue weighted by Gasteiger charge is 2.06. The van der Waals surface area contributed by atoms with Gasteiger partial charge in [-0.25, -0.2) is 0 Å². The van der Waals surface area contributed by atoms with E-state index in [1.165, 1.54) is 11.1 Å². The summed E-state index contributed by atoms with van der Waals surface area (Å²) in [7, 11) is 1.73. The molecule has 0 spiro atoms. The molecule has 2 rings (SSSR count). The summed E-state index contributed by atoms with van der Waals surface area (Å²) in [6.45, 7) is 2.85. The number of ether oxygens (including phenoxy) is 1. The zero-order valence-electron chi connectivity index (χ0n) is 11.6. The van der Waals surface area contributed by atoms with E-state index in [1.807, 2.05) is 6.07 Å². The van der Waals surface area contributed by atoms with Gasteiger partial charge >= 0.3 is 0 Å². The van der Waals surface area contributed by atoms with E-state index in [2.05, 4.69) is 60.8 Å². The number of anilines is 1. The van der Waals surface area contributed by atoms with Crippen molar-refractivity contribution >= 4 is 5.69 Å². The minimum Gasteiger partial charge on any atom is -0.382 e. The molecular weight excluding hydrogens is 234 g/mol. The van der Waals surface area contributed by atoms with Crippen LogP contribution in [0, 0.1) is 0 Å². The molecule has 0 heterocycles. The van der Waals surface area contributed by atoms with Crippen LogP contribution in [-0.2, 0) is 17.8 Å². The third-order valence-corrected chi connectivity index (χ3v) is 3.10. The summed E-state index contributed by atoms with van der Waals surface area (Å²) >= 11 is 0. The van der Waals surface area contributed by atoms with Gasteiger partial charge < -0.3 is 10.1 Å². The fourth-order valence-electron chi connectivity index (χ4n) is 2.23. The van der Waals surface area contributed by atoms with Gasteiger partial charge in [-0.2, -0.15) is 0 Å². The summed E-state index contributed by atoms with van der Waals surface area (Å²) < 4.78 is 5.23. The Bertz CT molecular complexity index is 496. The number of methoxy groups -OCH3 is 1. The fourth-order valence-corrected chi connectivity index (χ4v) is 2.23. The van der Waals surface area contributed by atoms with Crippen LogP contribution in [0.5, 0.6) is 0 Å². The first-order chi connectivity index (χ1) is 9.29. The van der Waals surface area contributed by atoms with E-state index in [-0.39, 0.29) is 0 Å². The number of hydrogen-bond donors (Lipinski definition) is 1. The molecule has 0 bridgehead atoms. The van der Waals surface area contributed by atoms with Crippen LogP contribution in [0.4, 0.5) is 5.69 Å². The Morgan fingerprint density at radius 2 is 1.68 bits per heavy atom. The van der Waals surface area contributed by atoms with Crippen molar-refractivity contribution in [3.8, 4) is 0 Å². The average molecular weight is 255 g/mol. The summed E-state index contributed by atoms with van der Waals surface area (Å²) in [6, 6.07) is 19.2. The minimum absolute atomic E-state index is 0.389. The average Bonchev–Trinajstić information content (AvgIpc) is 2.42. The zero-order chi connectivity index (χ0) is 13.5. The lowest BCUT2D eigenvalue weighted by atomic mass is 10.1. The Kier molecular flexibility index (Phi) is 4.99. The monoisotopic (exact) mass is 255 g/mol. The molecular formula is C17H21NO. The topological polar surface area (TPSA) is 21.3 Å². The summed E-state index contributed by atoms with van der Waals surface area (Å²) in [5, 5.41) is 3.56. The first-order valence-corrected chi connectivity index (χ1v) is 6.67. The minimum atomic E-state index is 0.389. The van der Waals surface area contributed by atoms with E-state index < -0.39 is 0 Å². The van der Waals surface area contributed by atoms with Crippen LogP contribution in [-0.4, -0.2) is 13.2 Å². The van der Waals surface area contributed by atoms with Crippen molar-refractivity contribution in [2.45, 2.75) is 26.0 Å². The summed E-state index contributed by atoms with van der Waals surface area (Å²) in [4.78, 5) is 0. The largest absolute Gasteiger partial charge is 0.382 e. The van der Waals surface area contributed by atoms with Gasteiger partial charge in [-0.3, -0.25) is 0 Å². The highest BCUT2D eigenvalue weighted by molar-refractivity contribution is 5.51. The molecule has 0 aliphatic heterocycles. The predicted molar refractivity (Wildman–Crippen MR) is 80.4 cm³/mol. The number of benzene rings is 2. The quantitative estimate of drug-likeness (QED) is 0.846. The van der Waals surface area contributed by atoms with Crippen molar-refractivity contribution in [1.29, 1.82) is 0 Å². The van der Waals surface area contributed by atoms with Crippen LogP contribution >= 0.6 is 0 Å². The Balaban J connectivity index is 2.00. The van der Waals surface area contributed by atoms with Gasteiger partial charge in [0.2, 0.25) is 0 Å². The molecule has 1 atom stereocenters. The van der Waals surface area contributed by atoms with Gasteiger partial charge in [0.25, 0.3) is 0 Å². The van der Waals surface area contributed by atoms with Crippen LogP contribution in [0.2, 0.25) is 0 Å². The molecule has 2 aromatic rings. The van der Waals surface area contributed by atoms with Crippen molar-refractivity contribution in [2.75, 3.05) is 12.4 Å². The van der Waals surface area contributed by atoms with E-state index in [0.29, 0.717) is 12.6 Å². The van der Waals surface area contributed by atoms with Crippen molar-refractivity contribution < 1.29 is 4.74 Å². The maximum Gasteiger partial charge on any atom is 0.0733 e. The van der Waals surface area contributed by atoms with Crippen LogP contribution in [0.15, 0.2) is 54.6 Å². The standard InChI is InChI=1S/C17H21NO/c1-14(12-15-8-4-3-5-9-15)18-17-11-7-6-10-16(17)13-19-2/h3-11,14,18H,12-13H2,1-2H3. The fraction of sp³-hybridized carbons (Fsp3) is 0.294. The molecule has 1 N–H and O–H groups in total. The van der Waals surface area contributed by atoms with Gasteiger partial charge in [-0.05, 0) is 25.0 Å². The van der Waals surface area contributed by atoms with Gasteiger partial charge in [0.15, 0.2) is 0 Å². The molecule has 100 valence electrons. The van der Waals surface area contributed by atoms with Gasteiger partial charge in [0.05, 0.1) is 6.61 Å². The summed E-state index contributed by atoms with van der Waals surface area (Å²) in [5.74, 6) is 0. The molecule has 0 saturated heterocycles. The zero-order valence-corrected chi connectivity index (χ0v) is 11.6. The SMILES string of the molecule is COCc1ccccc1NC(C)Cc1ccccc1. The first kappa shape index (κ1) is 13.6. The van der Waals surface area contributed by atoms with Crippen molar-refractivity contribution in [3.63, 3.8) is 0 Å². The maximum absolute atomic E-state index is 5.23. The number of hydrogen-bond acceptors (Lipinski definition) is 2. The van der Waals surface area contributed by atoms with Gasteiger partial charge in [0.1, 0.15) is 0 Å². The predicted octanol–water partition coefficient (Wildman–Crippen LogP) is 3.88. The van der Waals surface area contributed by atoms with E-state index in [9.17, 15) is 0 Å². The lowest BCUT2D eigenvalue weighted by Gasteiger charge is -2.18. The second-order valence-corrected chi connectivity index (χ2v) is 4.83. The van der Waals surface area contributed by atoms with E-state index in [4.69, 9.17) is 4.74 Å². The van der Waals surface area contributed by atoms with Gasteiger partial charge in [-0.1, -0.05) is 48.5 Å². The Morgan fingerprint density at radius 1 is 1.00 bits per heavy atom. The Morgan fingerprint density at radius 3 is 2.42 bits per heavy atom. The molecule has 0 aliphatic rings.